The zero-order valence-corrected chi connectivity index (χ0v) is 35.5. The first-order chi connectivity index (χ1) is 23.9. The van der Waals surface area contributed by atoms with Crippen LogP contribution in [0.15, 0.2) is 66.7 Å². The number of anilines is 3. The number of thiophene rings is 1. The topological polar surface area (TPSA) is 3.24 Å². The molecule has 0 unspecified atom stereocenters. The van der Waals surface area contributed by atoms with Crippen LogP contribution in [0.3, 0.4) is 0 Å². The van der Waals surface area contributed by atoms with Crippen molar-refractivity contribution < 1.29 is 0 Å². The number of nitrogens with zero attached hydrogens (tertiary/aromatic N) is 1. The van der Waals surface area contributed by atoms with E-state index in [1.54, 1.807) is 0 Å². The summed E-state index contributed by atoms with van der Waals surface area (Å²) in [6.07, 6.45) is 2.43. The monoisotopic (exact) mass is 705 g/mol. The summed E-state index contributed by atoms with van der Waals surface area (Å²) in [5.41, 5.74) is 17.5. The molecule has 0 radical (unpaired) electrons. The Bertz CT molecular complexity index is 2290. The van der Waals surface area contributed by atoms with E-state index < -0.39 is 0 Å². The van der Waals surface area contributed by atoms with Gasteiger partial charge in [0.1, 0.15) is 0 Å². The Balaban J connectivity index is 1.53. The fourth-order valence-corrected chi connectivity index (χ4v) is 10.9. The van der Waals surface area contributed by atoms with Gasteiger partial charge in [-0.05, 0) is 115 Å². The normalized spacial score (nSPS) is 18.5. The van der Waals surface area contributed by atoms with Crippen molar-refractivity contribution in [3.8, 4) is 0 Å². The van der Waals surface area contributed by atoms with Gasteiger partial charge < -0.3 is 4.90 Å². The summed E-state index contributed by atoms with van der Waals surface area (Å²) in [4.78, 5) is 2.72. The SMILES string of the molecule is CC(C)(C)c1ccc2c(c1)B1c3sc4ccc(C(C)(C)C)cc4c3N(c3ccc4c(c3)C(C)(C)CCC4(C)C)c3cc(C(C)(C)C)cc(c31)C2(C)C. The highest BCUT2D eigenvalue weighted by Gasteiger charge is 2.49. The molecule has 8 rings (SSSR count). The fraction of sp³-hybridized carbons (Fsp3) is 0.469. The van der Waals surface area contributed by atoms with Crippen molar-refractivity contribution in [3.63, 3.8) is 0 Å². The number of hydrogen-bond acceptors (Lipinski definition) is 2. The van der Waals surface area contributed by atoms with Gasteiger partial charge in [-0.1, -0.05) is 146 Å². The Morgan fingerprint density at radius 3 is 1.79 bits per heavy atom. The Labute approximate surface area is 319 Å². The van der Waals surface area contributed by atoms with Crippen LogP contribution in [0.1, 0.15) is 156 Å². The fourth-order valence-electron chi connectivity index (χ4n) is 9.59. The van der Waals surface area contributed by atoms with Crippen LogP contribution in [-0.4, -0.2) is 6.71 Å². The third kappa shape index (κ3) is 5.22. The van der Waals surface area contributed by atoms with Crippen LogP contribution in [0.5, 0.6) is 0 Å². The highest BCUT2D eigenvalue weighted by atomic mass is 32.1. The number of fused-ring (bicyclic) bond motifs is 7. The molecule has 0 atom stereocenters. The molecule has 1 aromatic heterocycles. The molecular formula is C49H60BNS. The molecule has 4 aromatic carbocycles. The zero-order chi connectivity index (χ0) is 37.7. The van der Waals surface area contributed by atoms with Gasteiger partial charge in [0, 0.05) is 31.7 Å². The average molecular weight is 706 g/mol. The third-order valence-corrected chi connectivity index (χ3v) is 14.5. The molecule has 0 amide bonds. The second-order valence-corrected chi connectivity index (χ2v) is 22.5. The van der Waals surface area contributed by atoms with Gasteiger partial charge in [-0.2, -0.15) is 0 Å². The molecule has 1 nitrogen and oxygen atoms in total. The van der Waals surface area contributed by atoms with Gasteiger partial charge in [0.2, 0.25) is 0 Å². The van der Waals surface area contributed by atoms with Gasteiger partial charge in [0.25, 0.3) is 6.71 Å². The minimum absolute atomic E-state index is 0.00257. The minimum atomic E-state index is -0.144. The molecule has 0 spiro atoms. The van der Waals surface area contributed by atoms with E-state index in [9.17, 15) is 0 Å². The van der Waals surface area contributed by atoms with Gasteiger partial charge in [-0.25, -0.2) is 0 Å². The van der Waals surface area contributed by atoms with E-state index in [0.29, 0.717) is 0 Å². The maximum atomic E-state index is 2.72. The molecule has 3 aliphatic rings. The smallest absolute Gasteiger partial charge is 0.260 e. The van der Waals surface area contributed by atoms with Crippen LogP contribution in [-0.2, 0) is 32.5 Å². The summed E-state index contributed by atoms with van der Waals surface area (Å²) < 4.78 is 2.87. The summed E-state index contributed by atoms with van der Waals surface area (Å²) >= 11 is 2.03. The van der Waals surface area contributed by atoms with Gasteiger partial charge in [-0.3, -0.25) is 0 Å². The Kier molecular flexibility index (Phi) is 7.49. The third-order valence-electron chi connectivity index (χ3n) is 13.3. The highest BCUT2D eigenvalue weighted by molar-refractivity contribution is 7.33. The predicted octanol–water partition coefficient (Wildman–Crippen LogP) is 12.1. The van der Waals surface area contributed by atoms with E-state index in [1.807, 2.05) is 11.3 Å². The van der Waals surface area contributed by atoms with E-state index >= 15 is 0 Å². The highest BCUT2D eigenvalue weighted by Crippen LogP contribution is 2.52. The van der Waals surface area contributed by atoms with Crippen molar-refractivity contribution in [1.29, 1.82) is 0 Å². The number of benzene rings is 4. The van der Waals surface area contributed by atoms with Crippen molar-refractivity contribution in [2.75, 3.05) is 4.90 Å². The Morgan fingerprint density at radius 2 is 1.15 bits per heavy atom. The second-order valence-electron chi connectivity index (χ2n) is 21.4. The summed E-state index contributed by atoms with van der Waals surface area (Å²) in [6, 6.07) is 27.5. The Hall–Kier alpha value is -3.30. The molecule has 3 heterocycles. The molecule has 0 fully saturated rings. The minimum Gasteiger partial charge on any atom is -0.310 e. The van der Waals surface area contributed by atoms with Crippen LogP contribution >= 0.6 is 11.3 Å². The first kappa shape index (κ1) is 35.7. The first-order valence-electron chi connectivity index (χ1n) is 19.8. The molecule has 0 saturated carbocycles. The first-order valence-corrected chi connectivity index (χ1v) is 20.6. The lowest BCUT2D eigenvalue weighted by molar-refractivity contribution is 0.332. The van der Waals surface area contributed by atoms with E-state index in [1.165, 1.54) is 94.6 Å². The second kappa shape index (κ2) is 10.9. The van der Waals surface area contributed by atoms with Crippen molar-refractivity contribution in [2.24, 2.45) is 0 Å². The summed E-state index contributed by atoms with van der Waals surface area (Å²) in [7, 11) is 0. The number of rotatable bonds is 1. The molecule has 0 bridgehead atoms. The molecular weight excluding hydrogens is 645 g/mol. The average Bonchev–Trinajstić information content (AvgIpc) is 3.41. The maximum absolute atomic E-state index is 2.72. The molecule has 52 heavy (non-hydrogen) atoms. The van der Waals surface area contributed by atoms with Crippen molar-refractivity contribution in [1.82, 2.24) is 0 Å². The van der Waals surface area contributed by atoms with Crippen LogP contribution in [0.2, 0.25) is 0 Å². The van der Waals surface area contributed by atoms with Gasteiger partial charge >= 0.3 is 0 Å². The van der Waals surface area contributed by atoms with Crippen LogP contribution in [0, 0.1) is 0 Å². The molecule has 1 aliphatic carbocycles. The van der Waals surface area contributed by atoms with E-state index in [4.69, 9.17) is 0 Å². The van der Waals surface area contributed by atoms with Crippen LogP contribution in [0.25, 0.3) is 10.1 Å². The van der Waals surface area contributed by atoms with Crippen molar-refractivity contribution in [3.05, 3.63) is 106 Å². The molecule has 2 aliphatic heterocycles. The van der Waals surface area contributed by atoms with Gasteiger partial charge in [0.05, 0.1) is 5.69 Å². The van der Waals surface area contributed by atoms with Crippen molar-refractivity contribution >= 4 is 60.9 Å². The molecule has 0 saturated heterocycles. The van der Waals surface area contributed by atoms with Crippen LogP contribution < -0.4 is 20.6 Å². The lowest BCUT2D eigenvalue weighted by atomic mass is 9.32. The Morgan fingerprint density at radius 1 is 0.577 bits per heavy atom. The van der Waals surface area contributed by atoms with Crippen LogP contribution in [0.4, 0.5) is 17.1 Å². The summed E-state index contributed by atoms with van der Waals surface area (Å²) in [6.45, 7) is 36.2. The molecule has 3 heteroatoms. The van der Waals surface area contributed by atoms with Crippen molar-refractivity contribution in [2.45, 2.75) is 149 Å². The molecule has 270 valence electrons. The lowest BCUT2D eigenvalue weighted by Crippen LogP contribution is -2.63. The van der Waals surface area contributed by atoms with Gasteiger partial charge in [0.15, 0.2) is 0 Å². The standard InChI is InChI=1S/C49H60BNS/c1-44(2,3)29-17-21-40-33(24-29)42-43(52-40)50-38-26-30(45(4,5)6)16-19-35(38)49(14,15)37-25-31(46(7,8)9)27-39(41(37)50)51(42)32-18-20-34-36(28-32)48(12,13)23-22-47(34,10)11/h16-21,24-28H,22-23H2,1-15H3. The quantitative estimate of drug-likeness (QED) is 0.154. The van der Waals surface area contributed by atoms with E-state index in [0.717, 1.165) is 0 Å². The largest absolute Gasteiger partial charge is 0.310 e. The van der Waals surface area contributed by atoms with E-state index in [-0.39, 0.29) is 39.2 Å². The predicted molar refractivity (Wildman–Crippen MR) is 231 cm³/mol. The van der Waals surface area contributed by atoms with E-state index in [2.05, 4.69) is 175 Å². The summed E-state index contributed by atoms with van der Waals surface area (Å²) in [5, 5.41) is 1.39. The molecule has 0 N–H and O–H groups in total. The summed E-state index contributed by atoms with van der Waals surface area (Å²) in [5.74, 6) is 0. The zero-order valence-electron chi connectivity index (χ0n) is 34.7. The van der Waals surface area contributed by atoms with Gasteiger partial charge in [-0.15, -0.1) is 11.3 Å². The maximum Gasteiger partial charge on any atom is 0.260 e. The number of hydrogen-bond donors (Lipinski definition) is 0. The molecule has 5 aromatic rings. The lowest BCUT2D eigenvalue weighted by Gasteiger charge is -2.46.